The summed E-state index contributed by atoms with van der Waals surface area (Å²) in [4.78, 5) is 32.2. The molecule has 2 aliphatic rings. The number of likely N-dealkylation sites (tertiary alicyclic amines) is 1. The molecule has 0 aliphatic carbocycles. The Morgan fingerprint density at radius 2 is 1.92 bits per heavy atom. The quantitative estimate of drug-likeness (QED) is 0.548. The Morgan fingerprint density at radius 3 is 2.69 bits per heavy atom. The number of ether oxygens (including phenoxy) is 2. The Balaban J connectivity index is 1.13. The molecule has 0 unspecified atom stereocenters. The van der Waals surface area contributed by atoms with Gasteiger partial charge in [0.05, 0.1) is 31.8 Å². The molecule has 2 amide bonds. The third-order valence-corrected chi connectivity index (χ3v) is 6.93. The summed E-state index contributed by atoms with van der Waals surface area (Å²) in [6.45, 7) is 5.08. The van der Waals surface area contributed by atoms with Crippen LogP contribution in [0.3, 0.4) is 0 Å². The monoisotopic (exact) mass is 488 g/mol. The zero-order chi connectivity index (χ0) is 24.9. The first-order valence-corrected chi connectivity index (χ1v) is 12.6. The number of imidazole rings is 1. The van der Waals surface area contributed by atoms with E-state index in [4.69, 9.17) is 9.47 Å². The van der Waals surface area contributed by atoms with Gasteiger partial charge in [-0.15, -0.1) is 0 Å². The van der Waals surface area contributed by atoms with Gasteiger partial charge < -0.3 is 24.3 Å². The third-order valence-electron chi connectivity index (χ3n) is 6.93. The van der Waals surface area contributed by atoms with Crippen molar-refractivity contribution in [1.82, 2.24) is 19.8 Å². The van der Waals surface area contributed by atoms with Crippen molar-refractivity contribution in [3.8, 4) is 5.75 Å². The highest BCUT2D eigenvalue weighted by atomic mass is 16.5. The Labute approximate surface area is 211 Å². The van der Waals surface area contributed by atoms with Crippen LogP contribution >= 0.6 is 0 Å². The molecule has 0 spiro atoms. The minimum absolute atomic E-state index is 0.0311. The summed E-state index contributed by atoms with van der Waals surface area (Å²) in [6, 6.07) is 17.9. The van der Waals surface area contributed by atoms with Crippen LogP contribution in [-0.4, -0.2) is 46.0 Å². The van der Waals surface area contributed by atoms with Crippen molar-refractivity contribution < 1.29 is 19.1 Å². The number of rotatable bonds is 7. The van der Waals surface area contributed by atoms with Crippen molar-refractivity contribution in [2.45, 2.75) is 45.6 Å². The van der Waals surface area contributed by atoms with Gasteiger partial charge in [-0.1, -0.05) is 42.5 Å². The predicted molar refractivity (Wildman–Crippen MR) is 134 cm³/mol. The number of nitrogens with one attached hydrogen (secondary N) is 1. The zero-order valence-electron chi connectivity index (χ0n) is 20.6. The van der Waals surface area contributed by atoms with Crippen LogP contribution in [0.1, 0.15) is 53.2 Å². The van der Waals surface area contributed by atoms with Gasteiger partial charge in [0.2, 0.25) is 5.91 Å². The smallest absolute Gasteiger partial charge is 0.274 e. The molecule has 0 saturated carbocycles. The van der Waals surface area contributed by atoms with E-state index in [0.717, 1.165) is 22.6 Å². The van der Waals surface area contributed by atoms with Crippen LogP contribution in [0.2, 0.25) is 0 Å². The number of carbonyl (C=O) groups is 2. The maximum absolute atomic E-state index is 13.2. The van der Waals surface area contributed by atoms with Crippen LogP contribution in [0.5, 0.6) is 5.75 Å². The first kappa shape index (κ1) is 24.1. The summed E-state index contributed by atoms with van der Waals surface area (Å²) >= 11 is 0. The van der Waals surface area contributed by atoms with Crippen molar-refractivity contribution in [1.29, 1.82) is 0 Å². The number of fused-ring (bicyclic) bond motifs is 1. The van der Waals surface area contributed by atoms with Gasteiger partial charge in [-0.25, -0.2) is 4.98 Å². The second-order valence-electron chi connectivity index (χ2n) is 9.27. The van der Waals surface area contributed by atoms with Gasteiger partial charge in [-0.2, -0.15) is 0 Å². The average molecular weight is 489 g/mol. The molecular weight excluding hydrogens is 456 g/mol. The number of amides is 2. The molecule has 1 saturated heterocycles. The van der Waals surface area contributed by atoms with Crippen LogP contribution in [0, 0.1) is 5.92 Å². The lowest BCUT2D eigenvalue weighted by atomic mass is 9.95. The average Bonchev–Trinajstić information content (AvgIpc) is 3.36. The molecule has 0 radical (unpaired) electrons. The molecule has 1 aromatic heterocycles. The highest BCUT2D eigenvalue weighted by Gasteiger charge is 2.32. The van der Waals surface area contributed by atoms with Gasteiger partial charge in [-0.3, -0.25) is 9.59 Å². The molecular formula is C28H32N4O4. The molecule has 3 heterocycles. The summed E-state index contributed by atoms with van der Waals surface area (Å²) in [5.74, 6) is 0.647. The maximum atomic E-state index is 13.2. The molecule has 36 heavy (non-hydrogen) atoms. The van der Waals surface area contributed by atoms with E-state index in [1.165, 1.54) is 0 Å². The first-order chi connectivity index (χ1) is 17.6. The second-order valence-corrected chi connectivity index (χ2v) is 9.27. The van der Waals surface area contributed by atoms with E-state index in [9.17, 15) is 9.59 Å². The highest BCUT2D eigenvalue weighted by Crippen LogP contribution is 2.29. The van der Waals surface area contributed by atoms with E-state index >= 15 is 0 Å². The standard InChI is InChI=1S/C28H32N4O4/c1-2-35-23-10-6-7-20(15-23)16-29-27(33)22-11-13-31(14-12-22)28(34)26-24-18-36-25(17-32(24)19-30-26)21-8-4-3-5-9-21/h3-10,15,19,22,25H,2,11-14,16-18H2,1H3,(H,29,33)/t25-/m1/s1. The number of piperidine rings is 1. The summed E-state index contributed by atoms with van der Waals surface area (Å²) in [7, 11) is 0. The molecule has 0 bridgehead atoms. The van der Waals surface area contributed by atoms with E-state index in [-0.39, 0.29) is 23.8 Å². The summed E-state index contributed by atoms with van der Waals surface area (Å²) in [5.41, 5.74) is 3.40. The Morgan fingerprint density at radius 1 is 1.11 bits per heavy atom. The molecule has 2 aromatic carbocycles. The molecule has 1 N–H and O–H groups in total. The van der Waals surface area contributed by atoms with Crippen molar-refractivity contribution >= 4 is 11.8 Å². The van der Waals surface area contributed by atoms with E-state index in [2.05, 4.69) is 22.4 Å². The summed E-state index contributed by atoms with van der Waals surface area (Å²) < 4.78 is 13.6. The van der Waals surface area contributed by atoms with Crippen LogP contribution in [0.4, 0.5) is 0 Å². The minimum Gasteiger partial charge on any atom is -0.494 e. The molecule has 2 aliphatic heterocycles. The second kappa shape index (κ2) is 11.0. The van der Waals surface area contributed by atoms with Crippen LogP contribution in [0.25, 0.3) is 0 Å². The third kappa shape index (κ3) is 5.28. The lowest BCUT2D eigenvalue weighted by Crippen LogP contribution is -2.43. The predicted octanol–water partition coefficient (Wildman–Crippen LogP) is 3.72. The van der Waals surface area contributed by atoms with E-state index < -0.39 is 0 Å². The van der Waals surface area contributed by atoms with Gasteiger partial charge in [0.25, 0.3) is 5.91 Å². The number of benzene rings is 2. The SMILES string of the molecule is CCOc1cccc(CNC(=O)C2CCN(C(=O)c3ncn4c3CO[C@@H](c3ccccc3)C4)CC2)c1. The largest absolute Gasteiger partial charge is 0.494 e. The van der Waals surface area contributed by atoms with Gasteiger partial charge >= 0.3 is 0 Å². The molecule has 5 rings (SSSR count). The topological polar surface area (TPSA) is 85.7 Å². The van der Waals surface area contributed by atoms with Gasteiger partial charge in [-0.05, 0) is 43.0 Å². The van der Waals surface area contributed by atoms with Crippen LogP contribution < -0.4 is 10.1 Å². The molecule has 3 aromatic rings. The number of carbonyl (C=O) groups excluding carboxylic acids is 2. The number of hydrogen-bond donors (Lipinski definition) is 1. The lowest BCUT2D eigenvalue weighted by Gasteiger charge is -2.31. The lowest BCUT2D eigenvalue weighted by molar-refractivity contribution is -0.126. The van der Waals surface area contributed by atoms with Crippen molar-refractivity contribution in [2.24, 2.45) is 5.92 Å². The summed E-state index contributed by atoms with van der Waals surface area (Å²) in [5, 5.41) is 3.04. The number of hydrogen-bond acceptors (Lipinski definition) is 5. The fourth-order valence-corrected chi connectivity index (χ4v) is 4.92. The van der Waals surface area contributed by atoms with Gasteiger partial charge in [0, 0.05) is 25.6 Å². The Hall–Kier alpha value is -3.65. The fourth-order valence-electron chi connectivity index (χ4n) is 4.92. The number of aromatic nitrogens is 2. The fraction of sp³-hybridized carbons (Fsp3) is 0.393. The van der Waals surface area contributed by atoms with Crippen molar-refractivity contribution in [2.75, 3.05) is 19.7 Å². The normalized spacial score (nSPS) is 17.9. The van der Waals surface area contributed by atoms with E-state index in [0.29, 0.717) is 57.9 Å². The molecule has 1 fully saturated rings. The van der Waals surface area contributed by atoms with Crippen molar-refractivity contribution in [3.63, 3.8) is 0 Å². The van der Waals surface area contributed by atoms with Gasteiger partial charge in [0.15, 0.2) is 5.69 Å². The zero-order valence-corrected chi connectivity index (χ0v) is 20.6. The Kier molecular flexibility index (Phi) is 7.32. The maximum Gasteiger partial charge on any atom is 0.274 e. The molecule has 1 atom stereocenters. The minimum atomic E-state index is -0.102. The highest BCUT2D eigenvalue weighted by molar-refractivity contribution is 5.93. The summed E-state index contributed by atoms with van der Waals surface area (Å²) in [6.07, 6.45) is 2.96. The molecule has 8 heteroatoms. The van der Waals surface area contributed by atoms with E-state index in [1.807, 2.05) is 58.9 Å². The van der Waals surface area contributed by atoms with Crippen LogP contribution in [0.15, 0.2) is 60.9 Å². The first-order valence-electron chi connectivity index (χ1n) is 12.6. The van der Waals surface area contributed by atoms with Crippen LogP contribution in [-0.2, 0) is 29.2 Å². The Bertz CT molecular complexity index is 1200. The molecule has 188 valence electrons. The van der Waals surface area contributed by atoms with Gasteiger partial charge in [0.1, 0.15) is 11.9 Å². The molecule has 8 nitrogen and oxygen atoms in total. The van der Waals surface area contributed by atoms with E-state index in [1.54, 1.807) is 6.33 Å². The van der Waals surface area contributed by atoms with Crippen molar-refractivity contribution in [3.05, 3.63) is 83.4 Å². The number of nitrogens with zero attached hydrogens (tertiary/aromatic N) is 3.